The van der Waals surface area contributed by atoms with E-state index in [9.17, 15) is 4.79 Å². The minimum atomic E-state index is -0.0624. The van der Waals surface area contributed by atoms with Crippen LogP contribution in [0.4, 0.5) is 5.69 Å². The van der Waals surface area contributed by atoms with Gasteiger partial charge in [0.15, 0.2) is 0 Å². The summed E-state index contributed by atoms with van der Waals surface area (Å²) in [6.45, 7) is 0. The minimum Gasteiger partial charge on any atom is -0.322 e. The van der Waals surface area contributed by atoms with Crippen LogP contribution in [-0.2, 0) is 12.8 Å². The highest BCUT2D eigenvalue weighted by atomic mass is 16.1. The van der Waals surface area contributed by atoms with Gasteiger partial charge in [-0.2, -0.15) is 0 Å². The second-order valence-corrected chi connectivity index (χ2v) is 6.23. The van der Waals surface area contributed by atoms with Crippen LogP contribution in [0, 0.1) is 0 Å². The molecule has 0 aromatic heterocycles. The molecule has 2 heteroatoms. The highest BCUT2D eigenvalue weighted by Gasteiger charge is 2.12. The molecule has 0 atom stereocenters. The molecule has 1 aliphatic carbocycles. The number of aryl methyl sites for hydroxylation is 2. The minimum absolute atomic E-state index is 0.0624. The quantitative estimate of drug-likeness (QED) is 0.716. The summed E-state index contributed by atoms with van der Waals surface area (Å²) in [5.74, 6) is -0.0624. The van der Waals surface area contributed by atoms with Gasteiger partial charge in [-0.25, -0.2) is 0 Å². The van der Waals surface area contributed by atoms with Gasteiger partial charge in [0.25, 0.3) is 5.91 Å². The summed E-state index contributed by atoms with van der Waals surface area (Å²) in [5.41, 5.74) is 6.61. The van der Waals surface area contributed by atoms with Gasteiger partial charge in [-0.3, -0.25) is 4.79 Å². The molecule has 0 bridgehead atoms. The van der Waals surface area contributed by atoms with E-state index in [1.165, 1.54) is 17.5 Å². The molecule has 2 nitrogen and oxygen atoms in total. The zero-order valence-corrected chi connectivity index (χ0v) is 13.5. The maximum atomic E-state index is 12.5. The first-order valence-corrected chi connectivity index (χ1v) is 8.38. The number of rotatable bonds is 3. The van der Waals surface area contributed by atoms with Crippen molar-refractivity contribution in [3.63, 3.8) is 0 Å². The van der Waals surface area contributed by atoms with Gasteiger partial charge in [0, 0.05) is 11.3 Å². The smallest absolute Gasteiger partial charge is 0.255 e. The molecular formula is C22H19NO. The third-order valence-electron chi connectivity index (χ3n) is 4.61. The van der Waals surface area contributed by atoms with E-state index >= 15 is 0 Å². The molecule has 1 aliphatic rings. The third-order valence-corrected chi connectivity index (χ3v) is 4.61. The van der Waals surface area contributed by atoms with Crippen LogP contribution in [0.5, 0.6) is 0 Å². The number of anilines is 1. The van der Waals surface area contributed by atoms with Crippen molar-refractivity contribution in [2.45, 2.75) is 19.3 Å². The molecule has 3 aromatic carbocycles. The van der Waals surface area contributed by atoms with Crippen LogP contribution in [0.25, 0.3) is 11.1 Å². The zero-order chi connectivity index (χ0) is 16.4. The Balaban J connectivity index is 1.50. The second kappa shape index (κ2) is 6.32. The molecular weight excluding hydrogens is 294 g/mol. The molecule has 3 aromatic rings. The molecule has 118 valence electrons. The van der Waals surface area contributed by atoms with Gasteiger partial charge < -0.3 is 5.32 Å². The summed E-state index contributed by atoms with van der Waals surface area (Å²) in [7, 11) is 0. The first-order chi connectivity index (χ1) is 11.8. The van der Waals surface area contributed by atoms with Crippen molar-refractivity contribution >= 4 is 11.6 Å². The molecule has 24 heavy (non-hydrogen) atoms. The molecule has 0 radical (unpaired) electrons. The first kappa shape index (κ1) is 14.7. The van der Waals surface area contributed by atoms with Crippen molar-refractivity contribution in [1.29, 1.82) is 0 Å². The summed E-state index contributed by atoms with van der Waals surface area (Å²) in [6, 6.07) is 24.2. The van der Waals surface area contributed by atoms with Crippen LogP contribution in [0.3, 0.4) is 0 Å². The predicted octanol–water partition coefficient (Wildman–Crippen LogP) is 5.09. The molecule has 0 saturated heterocycles. The van der Waals surface area contributed by atoms with E-state index in [0.29, 0.717) is 5.56 Å². The molecule has 1 N–H and O–H groups in total. The largest absolute Gasteiger partial charge is 0.322 e. The fraction of sp³-hybridized carbons (Fsp3) is 0.136. The van der Waals surface area contributed by atoms with Gasteiger partial charge in [0.05, 0.1) is 0 Å². The van der Waals surface area contributed by atoms with Gasteiger partial charge in [0.2, 0.25) is 0 Å². The number of amides is 1. The number of hydrogen-bond donors (Lipinski definition) is 1. The lowest BCUT2D eigenvalue weighted by molar-refractivity contribution is 0.102. The summed E-state index contributed by atoms with van der Waals surface area (Å²) < 4.78 is 0. The van der Waals surface area contributed by atoms with Crippen molar-refractivity contribution in [3.8, 4) is 11.1 Å². The van der Waals surface area contributed by atoms with Gasteiger partial charge in [-0.1, -0.05) is 48.5 Å². The SMILES string of the molecule is O=C(Nc1ccc2c(c1)CCC2)c1ccc(-c2ccccc2)cc1. The van der Waals surface area contributed by atoms with Crippen LogP contribution in [0.1, 0.15) is 27.9 Å². The zero-order valence-electron chi connectivity index (χ0n) is 13.5. The Hall–Kier alpha value is -2.87. The Bertz CT molecular complexity index is 866. The number of carbonyl (C=O) groups is 1. The normalized spacial score (nSPS) is 12.7. The van der Waals surface area contributed by atoms with Crippen molar-refractivity contribution in [3.05, 3.63) is 89.5 Å². The topological polar surface area (TPSA) is 29.1 Å². The molecule has 0 unspecified atom stereocenters. The molecule has 4 rings (SSSR count). The van der Waals surface area contributed by atoms with Gasteiger partial charge in [-0.05, 0) is 65.8 Å². The average molecular weight is 313 g/mol. The lowest BCUT2D eigenvalue weighted by Gasteiger charge is -2.08. The van der Waals surface area contributed by atoms with E-state index in [0.717, 1.165) is 29.7 Å². The number of carbonyl (C=O) groups excluding carboxylic acids is 1. The van der Waals surface area contributed by atoms with Crippen molar-refractivity contribution < 1.29 is 4.79 Å². The monoisotopic (exact) mass is 313 g/mol. The molecule has 0 fully saturated rings. The van der Waals surface area contributed by atoms with Gasteiger partial charge in [0.1, 0.15) is 0 Å². The number of hydrogen-bond acceptors (Lipinski definition) is 1. The molecule has 1 amide bonds. The average Bonchev–Trinajstić information content (AvgIpc) is 3.10. The summed E-state index contributed by atoms with van der Waals surface area (Å²) in [5, 5.41) is 3.01. The summed E-state index contributed by atoms with van der Waals surface area (Å²) in [6.07, 6.45) is 3.49. The standard InChI is InChI=1S/C22H19NO/c24-22(23-21-14-13-17-7-4-8-20(17)15-21)19-11-9-18(10-12-19)16-5-2-1-3-6-16/h1-3,5-6,9-15H,4,7-8H2,(H,23,24). The predicted molar refractivity (Wildman–Crippen MR) is 98.3 cm³/mol. The third kappa shape index (κ3) is 2.95. The second-order valence-electron chi connectivity index (χ2n) is 6.23. The highest BCUT2D eigenvalue weighted by molar-refractivity contribution is 6.04. The maximum Gasteiger partial charge on any atom is 0.255 e. The molecule has 0 saturated carbocycles. The summed E-state index contributed by atoms with van der Waals surface area (Å²) in [4.78, 5) is 12.5. The number of nitrogens with one attached hydrogen (secondary N) is 1. The van der Waals surface area contributed by atoms with E-state index < -0.39 is 0 Å². The van der Waals surface area contributed by atoms with Crippen LogP contribution in [0.15, 0.2) is 72.8 Å². The van der Waals surface area contributed by atoms with E-state index in [4.69, 9.17) is 0 Å². The van der Waals surface area contributed by atoms with Crippen LogP contribution >= 0.6 is 0 Å². The van der Waals surface area contributed by atoms with Crippen LogP contribution < -0.4 is 5.32 Å². The van der Waals surface area contributed by atoms with Crippen molar-refractivity contribution in [2.75, 3.05) is 5.32 Å². The van der Waals surface area contributed by atoms with Gasteiger partial charge in [-0.15, -0.1) is 0 Å². The van der Waals surface area contributed by atoms with Crippen molar-refractivity contribution in [1.82, 2.24) is 0 Å². The summed E-state index contributed by atoms with van der Waals surface area (Å²) >= 11 is 0. The van der Waals surface area contributed by atoms with Crippen LogP contribution in [0.2, 0.25) is 0 Å². The Morgan fingerprint density at radius 3 is 2.25 bits per heavy atom. The highest BCUT2D eigenvalue weighted by Crippen LogP contribution is 2.25. The van der Waals surface area contributed by atoms with E-state index in [1.54, 1.807) is 0 Å². The Labute approximate surface area is 142 Å². The first-order valence-electron chi connectivity index (χ1n) is 8.38. The van der Waals surface area contributed by atoms with E-state index in [2.05, 4.69) is 29.6 Å². The molecule has 0 aliphatic heterocycles. The molecule has 0 heterocycles. The molecule has 0 spiro atoms. The Morgan fingerprint density at radius 2 is 1.46 bits per heavy atom. The Kier molecular flexibility index (Phi) is 3.87. The van der Waals surface area contributed by atoms with E-state index in [-0.39, 0.29) is 5.91 Å². The van der Waals surface area contributed by atoms with Crippen LogP contribution in [-0.4, -0.2) is 5.91 Å². The van der Waals surface area contributed by atoms with Crippen molar-refractivity contribution in [2.24, 2.45) is 0 Å². The van der Waals surface area contributed by atoms with E-state index in [1.807, 2.05) is 48.5 Å². The Morgan fingerprint density at radius 1 is 0.750 bits per heavy atom. The van der Waals surface area contributed by atoms with Gasteiger partial charge >= 0.3 is 0 Å². The lowest BCUT2D eigenvalue weighted by Crippen LogP contribution is -2.11. The maximum absolute atomic E-state index is 12.5. The number of benzene rings is 3. The fourth-order valence-electron chi connectivity index (χ4n) is 3.30. The fourth-order valence-corrected chi connectivity index (χ4v) is 3.30. The lowest BCUT2D eigenvalue weighted by atomic mass is 10.0. The number of fused-ring (bicyclic) bond motifs is 1.